The average Bonchev–Trinajstić information content (AvgIpc) is 2.03. The lowest BCUT2D eigenvalue weighted by molar-refractivity contribution is 0.235. The van der Waals surface area contributed by atoms with Gasteiger partial charge in [-0.25, -0.2) is 4.79 Å². The third-order valence-corrected chi connectivity index (χ3v) is 2.37. The number of amides is 2. The van der Waals surface area contributed by atoms with E-state index in [0.29, 0.717) is 6.54 Å². The minimum Gasteiger partial charge on any atom is -0.391 e. The number of nitrogens with one attached hydrogen (secondary N) is 2. The van der Waals surface area contributed by atoms with Crippen LogP contribution in [0, 0.1) is 0 Å². The highest BCUT2D eigenvalue weighted by Crippen LogP contribution is 2.01. The van der Waals surface area contributed by atoms with Crippen LogP contribution in [0.3, 0.4) is 0 Å². The standard InChI is InChI=1S/C9H19N3OS/c1-4-5-6-11-8(13)12-9(2,3)7(10)14/h4-6H2,1-3H3,(H2,10,14)(H2,11,12,13). The van der Waals surface area contributed by atoms with Gasteiger partial charge in [-0.1, -0.05) is 25.6 Å². The summed E-state index contributed by atoms with van der Waals surface area (Å²) in [5.74, 6) is 0. The predicted molar refractivity (Wildman–Crippen MR) is 62.3 cm³/mol. The van der Waals surface area contributed by atoms with Crippen LogP contribution < -0.4 is 16.4 Å². The van der Waals surface area contributed by atoms with Gasteiger partial charge in [-0.05, 0) is 20.3 Å². The first-order valence-corrected chi connectivity index (χ1v) is 5.17. The molecule has 0 radical (unpaired) electrons. The Kier molecular flexibility index (Phi) is 5.45. The van der Waals surface area contributed by atoms with Gasteiger partial charge in [0.2, 0.25) is 0 Å². The summed E-state index contributed by atoms with van der Waals surface area (Å²) in [7, 11) is 0. The summed E-state index contributed by atoms with van der Waals surface area (Å²) >= 11 is 4.82. The SMILES string of the molecule is CCCCNC(=O)NC(C)(C)C(N)=S. The molecule has 82 valence electrons. The Hall–Kier alpha value is -0.840. The van der Waals surface area contributed by atoms with Crippen LogP contribution in [0.25, 0.3) is 0 Å². The first-order valence-electron chi connectivity index (χ1n) is 4.76. The summed E-state index contributed by atoms with van der Waals surface area (Å²) in [4.78, 5) is 11.6. The molecule has 0 rings (SSSR count). The molecule has 0 spiro atoms. The lowest BCUT2D eigenvalue weighted by atomic mass is 10.1. The highest BCUT2D eigenvalue weighted by atomic mass is 32.1. The molecular formula is C9H19N3OS. The largest absolute Gasteiger partial charge is 0.391 e. The van der Waals surface area contributed by atoms with Crippen LogP contribution >= 0.6 is 12.2 Å². The van der Waals surface area contributed by atoms with Crippen molar-refractivity contribution in [1.29, 1.82) is 0 Å². The smallest absolute Gasteiger partial charge is 0.315 e. The van der Waals surface area contributed by atoms with E-state index in [1.54, 1.807) is 13.8 Å². The second kappa shape index (κ2) is 5.80. The van der Waals surface area contributed by atoms with Gasteiger partial charge in [-0.3, -0.25) is 0 Å². The van der Waals surface area contributed by atoms with Gasteiger partial charge in [0, 0.05) is 6.54 Å². The van der Waals surface area contributed by atoms with E-state index in [-0.39, 0.29) is 11.0 Å². The summed E-state index contributed by atoms with van der Waals surface area (Å²) in [6.07, 6.45) is 2.03. The molecular weight excluding hydrogens is 198 g/mol. The summed E-state index contributed by atoms with van der Waals surface area (Å²) in [5.41, 5.74) is 4.83. The Morgan fingerprint density at radius 1 is 1.50 bits per heavy atom. The predicted octanol–water partition coefficient (Wildman–Crippen LogP) is 1.15. The Balaban J connectivity index is 3.88. The maximum Gasteiger partial charge on any atom is 0.315 e. The Labute approximate surface area is 90.6 Å². The van der Waals surface area contributed by atoms with Crippen LogP contribution in [0.4, 0.5) is 4.79 Å². The highest BCUT2D eigenvalue weighted by molar-refractivity contribution is 7.80. The molecule has 0 fully saturated rings. The zero-order chi connectivity index (χ0) is 11.2. The third kappa shape index (κ3) is 5.01. The van der Waals surface area contributed by atoms with Gasteiger partial charge in [-0.15, -0.1) is 0 Å². The van der Waals surface area contributed by atoms with Crippen molar-refractivity contribution >= 4 is 23.2 Å². The maximum atomic E-state index is 11.3. The zero-order valence-corrected chi connectivity index (χ0v) is 9.83. The van der Waals surface area contributed by atoms with Crippen LogP contribution in [0.2, 0.25) is 0 Å². The first kappa shape index (κ1) is 13.2. The van der Waals surface area contributed by atoms with E-state index in [4.69, 9.17) is 18.0 Å². The molecule has 4 nitrogen and oxygen atoms in total. The van der Waals surface area contributed by atoms with Crippen LogP contribution in [0.1, 0.15) is 33.6 Å². The number of rotatable bonds is 5. The van der Waals surface area contributed by atoms with Crippen LogP contribution in [-0.2, 0) is 0 Å². The van der Waals surface area contributed by atoms with Gasteiger partial charge in [0.05, 0.1) is 10.5 Å². The van der Waals surface area contributed by atoms with Gasteiger partial charge in [-0.2, -0.15) is 0 Å². The number of carbonyl (C=O) groups excluding carboxylic acids is 1. The van der Waals surface area contributed by atoms with Crippen molar-refractivity contribution in [2.45, 2.75) is 39.2 Å². The van der Waals surface area contributed by atoms with Crippen LogP contribution in [0.15, 0.2) is 0 Å². The molecule has 0 unspecified atom stereocenters. The number of hydrogen-bond donors (Lipinski definition) is 3. The van der Waals surface area contributed by atoms with E-state index in [1.165, 1.54) is 0 Å². The van der Waals surface area contributed by atoms with Crippen molar-refractivity contribution in [3.05, 3.63) is 0 Å². The molecule has 0 saturated heterocycles. The van der Waals surface area contributed by atoms with Crippen LogP contribution in [0.5, 0.6) is 0 Å². The van der Waals surface area contributed by atoms with Gasteiger partial charge in [0.15, 0.2) is 0 Å². The second-order valence-corrected chi connectivity index (χ2v) is 4.16. The molecule has 0 aromatic carbocycles. The van der Waals surface area contributed by atoms with E-state index in [9.17, 15) is 4.79 Å². The third-order valence-electron chi connectivity index (χ3n) is 1.86. The monoisotopic (exact) mass is 217 g/mol. The Morgan fingerprint density at radius 2 is 2.07 bits per heavy atom. The average molecular weight is 217 g/mol. The molecule has 0 aromatic rings. The fourth-order valence-electron chi connectivity index (χ4n) is 0.768. The van der Waals surface area contributed by atoms with Crippen molar-refractivity contribution < 1.29 is 4.79 Å². The maximum absolute atomic E-state index is 11.3. The molecule has 0 saturated carbocycles. The molecule has 0 aliphatic rings. The van der Waals surface area contributed by atoms with Crippen LogP contribution in [-0.4, -0.2) is 23.1 Å². The van der Waals surface area contributed by atoms with E-state index >= 15 is 0 Å². The van der Waals surface area contributed by atoms with Crippen molar-refractivity contribution in [2.24, 2.45) is 5.73 Å². The fraction of sp³-hybridized carbons (Fsp3) is 0.778. The second-order valence-electron chi connectivity index (χ2n) is 3.72. The summed E-state index contributed by atoms with van der Waals surface area (Å²) in [5, 5.41) is 5.43. The van der Waals surface area contributed by atoms with E-state index < -0.39 is 5.54 Å². The van der Waals surface area contributed by atoms with E-state index in [2.05, 4.69) is 17.6 Å². The highest BCUT2D eigenvalue weighted by Gasteiger charge is 2.22. The summed E-state index contributed by atoms with van der Waals surface area (Å²) in [6, 6.07) is -0.226. The minimum absolute atomic E-state index is 0.226. The number of hydrogen-bond acceptors (Lipinski definition) is 2. The minimum atomic E-state index is -0.633. The van der Waals surface area contributed by atoms with Crippen molar-refractivity contribution in [1.82, 2.24) is 10.6 Å². The van der Waals surface area contributed by atoms with E-state index in [1.807, 2.05) is 0 Å². The number of carbonyl (C=O) groups is 1. The number of unbranched alkanes of at least 4 members (excludes halogenated alkanes) is 1. The molecule has 14 heavy (non-hydrogen) atoms. The lowest BCUT2D eigenvalue weighted by Crippen LogP contribution is -2.55. The quantitative estimate of drug-likeness (QED) is 0.478. The Morgan fingerprint density at radius 3 is 2.50 bits per heavy atom. The molecule has 0 aromatic heterocycles. The van der Waals surface area contributed by atoms with Gasteiger partial charge < -0.3 is 16.4 Å². The van der Waals surface area contributed by atoms with Gasteiger partial charge >= 0.3 is 6.03 Å². The first-order chi connectivity index (χ1) is 6.40. The van der Waals surface area contributed by atoms with Gasteiger partial charge in [0.1, 0.15) is 0 Å². The molecule has 0 bridgehead atoms. The molecule has 0 aliphatic carbocycles. The summed E-state index contributed by atoms with van der Waals surface area (Å²) < 4.78 is 0. The molecule has 0 heterocycles. The topological polar surface area (TPSA) is 67.2 Å². The Bertz CT molecular complexity index is 216. The molecule has 0 aliphatic heterocycles. The normalized spacial score (nSPS) is 10.8. The number of nitrogens with two attached hydrogens (primary N) is 1. The summed E-state index contributed by atoms with van der Waals surface area (Å²) in [6.45, 7) is 6.29. The number of urea groups is 1. The fourth-order valence-corrected chi connectivity index (χ4v) is 0.819. The molecule has 5 heteroatoms. The lowest BCUT2D eigenvalue weighted by Gasteiger charge is -2.24. The van der Waals surface area contributed by atoms with Crippen molar-refractivity contribution in [3.63, 3.8) is 0 Å². The van der Waals surface area contributed by atoms with Gasteiger partial charge in [0.25, 0.3) is 0 Å². The van der Waals surface area contributed by atoms with Crippen molar-refractivity contribution in [2.75, 3.05) is 6.54 Å². The molecule has 2 amide bonds. The van der Waals surface area contributed by atoms with Crippen molar-refractivity contribution in [3.8, 4) is 0 Å². The number of thiocarbonyl (C=S) groups is 1. The molecule has 0 atom stereocenters. The van der Waals surface area contributed by atoms with E-state index in [0.717, 1.165) is 12.8 Å². The molecule has 4 N–H and O–H groups in total. The zero-order valence-electron chi connectivity index (χ0n) is 9.02.